The van der Waals surface area contributed by atoms with E-state index in [-0.39, 0.29) is 11.2 Å². The third-order valence-corrected chi connectivity index (χ3v) is 9.25. The molecule has 0 amide bonds. The van der Waals surface area contributed by atoms with Crippen LogP contribution in [0.2, 0.25) is 0 Å². The van der Waals surface area contributed by atoms with Crippen molar-refractivity contribution in [2.75, 3.05) is 13.7 Å². The van der Waals surface area contributed by atoms with E-state index in [2.05, 4.69) is 6.92 Å². The number of ether oxygens (including phenoxy) is 1. The normalized spacial score (nSPS) is 53.5. The summed E-state index contributed by atoms with van der Waals surface area (Å²) in [5, 5.41) is 22.0. The second kappa shape index (κ2) is 6.28. The largest absolute Gasteiger partial charge is 0.387 e. The van der Waals surface area contributed by atoms with Gasteiger partial charge < -0.3 is 14.9 Å². The zero-order valence-electron chi connectivity index (χ0n) is 16.7. The van der Waals surface area contributed by atoms with Crippen LogP contribution in [0.15, 0.2) is 0 Å². The Kier molecular flexibility index (Phi) is 4.57. The zero-order chi connectivity index (χ0) is 18.7. The maximum atomic E-state index is 12.3. The van der Waals surface area contributed by atoms with Crippen LogP contribution in [0.3, 0.4) is 0 Å². The fraction of sp³-hybridized carbons (Fsp3) is 0.955. The van der Waals surface area contributed by atoms with Crippen LogP contribution in [0.1, 0.15) is 71.6 Å². The second-order valence-electron chi connectivity index (χ2n) is 10.2. The summed E-state index contributed by atoms with van der Waals surface area (Å²) < 4.78 is 5.28. The van der Waals surface area contributed by atoms with Gasteiger partial charge in [-0.15, -0.1) is 0 Å². The van der Waals surface area contributed by atoms with Gasteiger partial charge in [-0.2, -0.15) is 0 Å². The third-order valence-electron chi connectivity index (χ3n) is 9.25. The highest BCUT2D eigenvalue weighted by molar-refractivity contribution is 5.86. The SMILES string of the molecule is COC[C@@]1(O)CC[C@H]2[C@@H](CC[C@@H]3[C@@H]2CC[C@@]2(C)[C@H]3CC[C@]2(O)C(C)=O)C1. The van der Waals surface area contributed by atoms with Gasteiger partial charge in [0.1, 0.15) is 5.60 Å². The first-order chi connectivity index (χ1) is 12.2. The van der Waals surface area contributed by atoms with Gasteiger partial charge in [-0.05, 0) is 94.3 Å². The van der Waals surface area contributed by atoms with E-state index >= 15 is 0 Å². The minimum Gasteiger partial charge on any atom is -0.387 e. The van der Waals surface area contributed by atoms with Crippen LogP contribution in [-0.2, 0) is 9.53 Å². The van der Waals surface area contributed by atoms with Crippen molar-refractivity contribution in [3.63, 3.8) is 0 Å². The topological polar surface area (TPSA) is 66.8 Å². The highest BCUT2D eigenvalue weighted by Gasteiger charge is 2.64. The molecule has 26 heavy (non-hydrogen) atoms. The molecule has 4 fully saturated rings. The highest BCUT2D eigenvalue weighted by Crippen LogP contribution is 2.65. The number of rotatable bonds is 3. The van der Waals surface area contributed by atoms with Crippen LogP contribution in [0.4, 0.5) is 0 Å². The molecule has 4 aliphatic carbocycles. The molecule has 4 aliphatic rings. The van der Waals surface area contributed by atoms with Gasteiger partial charge in [-0.25, -0.2) is 0 Å². The maximum absolute atomic E-state index is 12.3. The molecule has 0 radical (unpaired) electrons. The van der Waals surface area contributed by atoms with E-state index in [1.165, 1.54) is 12.8 Å². The monoisotopic (exact) mass is 364 g/mol. The van der Waals surface area contributed by atoms with Gasteiger partial charge in [0.2, 0.25) is 0 Å². The molecule has 0 aromatic carbocycles. The van der Waals surface area contributed by atoms with Crippen molar-refractivity contribution in [3.8, 4) is 0 Å². The lowest BCUT2D eigenvalue weighted by molar-refractivity contribution is -0.165. The molecule has 4 rings (SSSR count). The van der Waals surface area contributed by atoms with Crippen LogP contribution < -0.4 is 0 Å². The number of methoxy groups -OCH3 is 1. The van der Waals surface area contributed by atoms with E-state index in [4.69, 9.17) is 4.74 Å². The van der Waals surface area contributed by atoms with Gasteiger partial charge >= 0.3 is 0 Å². The number of carbonyl (C=O) groups is 1. The summed E-state index contributed by atoms with van der Waals surface area (Å²) in [4.78, 5) is 12.3. The molecule has 0 saturated heterocycles. The molecule has 0 heterocycles. The van der Waals surface area contributed by atoms with Gasteiger partial charge in [0.05, 0.1) is 12.2 Å². The third kappa shape index (κ3) is 2.55. The second-order valence-corrected chi connectivity index (χ2v) is 10.2. The first kappa shape index (κ1) is 18.9. The number of carbonyl (C=O) groups excluding carboxylic acids is 1. The van der Waals surface area contributed by atoms with Crippen molar-refractivity contribution in [1.82, 2.24) is 0 Å². The average Bonchev–Trinajstić information content (AvgIpc) is 2.87. The van der Waals surface area contributed by atoms with Crippen molar-refractivity contribution in [1.29, 1.82) is 0 Å². The molecular weight excluding hydrogens is 328 g/mol. The predicted octanol–water partition coefficient (Wildman–Crippen LogP) is 3.34. The molecule has 0 bridgehead atoms. The first-order valence-corrected chi connectivity index (χ1v) is 10.7. The van der Waals surface area contributed by atoms with Gasteiger partial charge in [-0.1, -0.05) is 6.92 Å². The van der Waals surface area contributed by atoms with Crippen LogP contribution in [0, 0.1) is 35.0 Å². The molecule has 8 atom stereocenters. The zero-order valence-corrected chi connectivity index (χ0v) is 16.7. The lowest BCUT2D eigenvalue weighted by Crippen LogP contribution is -2.57. The molecular formula is C22H36O4. The van der Waals surface area contributed by atoms with E-state index in [9.17, 15) is 15.0 Å². The fourth-order valence-corrected chi connectivity index (χ4v) is 7.96. The van der Waals surface area contributed by atoms with Gasteiger partial charge in [0, 0.05) is 12.5 Å². The Morgan fingerprint density at radius 2 is 1.73 bits per heavy atom. The number of hydrogen-bond donors (Lipinski definition) is 2. The molecule has 0 spiro atoms. The van der Waals surface area contributed by atoms with Crippen molar-refractivity contribution in [3.05, 3.63) is 0 Å². The van der Waals surface area contributed by atoms with Crippen molar-refractivity contribution < 1.29 is 19.7 Å². The number of ketones is 1. The number of hydrogen-bond acceptors (Lipinski definition) is 4. The number of fused-ring (bicyclic) bond motifs is 5. The van der Waals surface area contributed by atoms with E-state index in [1.807, 2.05) is 0 Å². The quantitative estimate of drug-likeness (QED) is 0.806. The Bertz CT molecular complexity index is 576. The Hall–Kier alpha value is -0.450. The van der Waals surface area contributed by atoms with Gasteiger partial charge in [0.25, 0.3) is 0 Å². The van der Waals surface area contributed by atoms with E-state index in [1.54, 1.807) is 14.0 Å². The van der Waals surface area contributed by atoms with Gasteiger partial charge in [-0.3, -0.25) is 4.79 Å². The Morgan fingerprint density at radius 3 is 2.42 bits per heavy atom. The minimum absolute atomic E-state index is 0.0306. The minimum atomic E-state index is -1.11. The number of Topliss-reactive ketones (excluding diaryl/α,β-unsaturated/α-hetero) is 1. The molecule has 2 N–H and O–H groups in total. The van der Waals surface area contributed by atoms with Crippen LogP contribution >= 0.6 is 0 Å². The van der Waals surface area contributed by atoms with Crippen molar-refractivity contribution in [2.45, 2.75) is 82.8 Å². The van der Waals surface area contributed by atoms with Crippen LogP contribution in [0.5, 0.6) is 0 Å². The average molecular weight is 365 g/mol. The summed E-state index contributed by atoms with van der Waals surface area (Å²) in [6.45, 7) is 4.22. The van der Waals surface area contributed by atoms with Crippen molar-refractivity contribution in [2.24, 2.45) is 35.0 Å². The van der Waals surface area contributed by atoms with Crippen LogP contribution in [0.25, 0.3) is 0 Å². The highest BCUT2D eigenvalue weighted by atomic mass is 16.5. The van der Waals surface area contributed by atoms with E-state index in [0.29, 0.717) is 42.6 Å². The van der Waals surface area contributed by atoms with Crippen LogP contribution in [-0.4, -0.2) is 40.9 Å². The molecule has 4 saturated carbocycles. The molecule has 0 aliphatic heterocycles. The van der Waals surface area contributed by atoms with E-state index in [0.717, 1.165) is 38.5 Å². The molecule has 0 aromatic heterocycles. The summed E-state index contributed by atoms with van der Waals surface area (Å²) in [6.07, 6.45) is 8.97. The first-order valence-electron chi connectivity index (χ1n) is 10.7. The molecule has 4 heteroatoms. The van der Waals surface area contributed by atoms with E-state index < -0.39 is 11.2 Å². The van der Waals surface area contributed by atoms with Crippen molar-refractivity contribution >= 4 is 5.78 Å². The molecule has 0 unspecified atom stereocenters. The lowest BCUT2D eigenvalue weighted by Gasteiger charge is -2.57. The number of aliphatic hydroxyl groups is 2. The standard InChI is InChI=1S/C22H36O4/c1-14(23)22(25)11-8-19-18-5-4-15-12-21(24,13-26-3)10-7-16(15)17(18)6-9-20(19,22)2/h15-19,24-25H,4-13H2,1-3H3/t15-,16-,17+,18+,19-,20-,21+,22-/m0/s1. The van der Waals surface area contributed by atoms with Gasteiger partial charge in [0.15, 0.2) is 5.78 Å². The summed E-state index contributed by atoms with van der Waals surface area (Å²) in [5.74, 6) is 3.14. The summed E-state index contributed by atoms with van der Waals surface area (Å²) in [7, 11) is 1.68. The Labute approximate surface area is 157 Å². The predicted molar refractivity (Wildman–Crippen MR) is 99.6 cm³/mol. The molecule has 0 aromatic rings. The fourth-order valence-electron chi connectivity index (χ4n) is 7.96. The summed E-state index contributed by atoms with van der Waals surface area (Å²) in [5.41, 5.74) is -1.97. The summed E-state index contributed by atoms with van der Waals surface area (Å²) in [6, 6.07) is 0. The molecule has 148 valence electrons. The Balaban J connectivity index is 1.54. The maximum Gasteiger partial charge on any atom is 0.161 e. The smallest absolute Gasteiger partial charge is 0.161 e. The lowest BCUT2D eigenvalue weighted by atomic mass is 9.48. The Morgan fingerprint density at radius 1 is 1.00 bits per heavy atom. The molecule has 4 nitrogen and oxygen atoms in total. The summed E-state index contributed by atoms with van der Waals surface area (Å²) >= 11 is 0.